The number of aromatic nitrogens is 5. The number of phenols is 1. The van der Waals surface area contributed by atoms with Crippen molar-refractivity contribution in [2.45, 2.75) is 76.2 Å². The van der Waals surface area contributed by atoms with Crippen LogP contribution in [0, 0.1) is 5.92 Å². The van der Waals surface area contributed by atoms with Crippen LogP contribution in [0.2, 0.25) is 0 Å². The quantitative estimate of drug-likeness (QED) is 0.449. The molecule has 10 nitrogen and oxygen atoms in total. The average Bonchev–Trinajstić information content (AvgIpc) is 3.77. The zero-order chi connectivity index (χ0) is 27.7. The van der Waals surface area contributed by atoms with Crippen LogP contribution >= 0.6 is 0 Å². The molecule has 4 atom stereocenters. The van der Waals surface area contributed by atoms with E-state index in [0.29, 0.717) is 34.9 Å². The Kier molecular flexibility index (Phi) is 7.53. The van der Waals surface area contributed by atoms with Crippen LogP contribution in [0.25, 0.3) is 22.5 Å². The van der Waals surface area contributed by atoms with Crippen molar-refractivity contribution in [3.63, 3.8) is 0 Å². The maximum Gasteiger partial charge on any atom is 0.278 e. The Morgan fingerprint density at radius 1 is 1.05 bits per heavy atom. The number of methoxy groups -OCH3 is 2. The van der Waals surface area contributed by atoms with Gasteiger partial charge >= 0.3 is 0 Å². The fraction of sp³-hybridized carbons (Fsp3) is 0.536. The van der Waals surface area contributed by atoms with E-state index in [2.05, 4.69) is 25.1 Å². The van der Waals surface area contributed by atoms with E-state index in [9.17, 15) is 5.11 Å². The fourth-order valence-corrected chi connectivity index (χ4v) is 5.44. The zero-order valence-electron chi connectivity index (χ0n) is 22.8. The van der Waals surface area contributed by atoms with Gasteiger partial charge in [-0.2, -0.15) is 0 Å². The van der Waals surface area contributed by atoms with Gasteiger partial charge in [-0.1, -0.05) is 19.4 Å². The molecule has 1 aromatic carbocycles. The molecular weight excluding hydrogens is 501 g/mol. The summed E-state index contributed by atoms with van der Waals surface area (Å²) >= 11 is 0. The molecule has 2 aromatic heterocycles. The maximum atomic E-state index is 15.8. The van der Waals surface area contributed by atoms with Crippen molar-refractivity contribution in [2.24, 2.45) is 11.7 Å². The molecule has 2 aliphatic rings. The molecule has 0 aliphatic heterocycles. The molecule has 39 heavy (non-hydrogen) atoms. The molecule has 3 N–H and O–H groups in total. The molecule has 2 saturated carbocycles. The first-order valence-electron chi connectivity index (χ1n) is 13.4. The lowest BCUT2D eigenvalue weighted by Gasteiger charge is -2.42. The number of benzene rings is 1. The van der Waals surface area contributed by atoms with Gasteiger partial charge in [-0.05, 0) is 57.1 Å². The van der Waals surface area contributed by atoms with Crippen molar-refractivity contribution in [3.8, 4) is 40.0 Å². The number of nitrogens with zero attached hydrogens (tertiary/aromatic N) is 6. The van der Waals surface area contributed by atoms with Gasteiger partial charge in [-0.15, -0.1) is 10.2 Å². The minimum atomic E-state index is -1.03. The number of alkyl halides is 1. The molecule has 0 saturated heterocycles. The van der Waals surface area contributed by atoms with Crippen LogP contribution in [-0.4, -0.2) is 68.3 Å². The molecule has 2 fully saturated rings. The molecule has 5 rings (SSSR count). The van der Waals surface area contributed by atoms with Gasteiger partial charge in [0.05, 0.1) is 38.3 Å². The number of hydrogen-bond donors (Lipinski definition) is 2. The Bertz CT molecular complexity index is 1300. The van der Waals surface area contributed by atoms with E-state index in [4.69, 9.17) is 15.2 Å². The summed E-state index contributed by atoms with van der Waals surface area (Å²) in [5.74, 6) is 0.838. The number of aromatic hydroxyl groups is 1. The fourth-order valence-electron chi connectivity index (χ4n) is 5.44. The van der Waals surface area contributed by atoms with Gasteiger partial charge in [0, 0.05) is 22.7 Å². The smallest absolute Gasteiger partial charge is 0.278 e. The first kappa shape index (κ1) is 27.0. The maximum absolute atomic E-state index is 15.8. The Morgan fingerprint density at radius 3 is 2.44 bits per heavy atom. The Hall–Kier alpha value is -3.60. The van der Waals surface area contributed by atoms with Crippen molar-refractivity contribution < 1.29 is 19.0 Å². The topological polar surface area (TPSA) is 132 Å². The molecule has 0 bridgehead atoms. The van der Waals surface area contributed by atoms with Crippen molar-refractivity contribution >= 4 is 5.95 Å². The second-order valence-electron chi connectivity index (χ2n) is 11.0. The predicted octanol–water partition coefficient (Wildman–Crippen LogP) is 4.32. The second-order valence-corrected chi connectivity index (χ2v) is 11.0. The van der Waals surface area contributed by atoms with Crippen LogP contribution in [0.4, 0.5) is 10.3 Å². The lowest BCUT2D eigenvalue weighted by atomic mass is 9.79. The summed E-state index contributed by atoms with van der Waals surface area (Å²) < 4.78 is 26.2. The van der Waals surface area contributed by atoms with E-state index in [0.717, 1.165) is 32.1 Å². The van der Waals surface area contributed by atoms with Gasteiger partial charge in [0.15, 0.2) is 0 Å². The number of phenolic OH excluding ortho intramolecular Hbond substituents is 1. The highest BCUT2D eigenvalue weighted by molar-refractivity contribution is 5.72. The third-order valence-electron chi connectivity index (χ3n) is 7.74. The molecule has 0 radical (unpaired) electrons. The van der Waals surface area contributed by atoms with E-state index >= 15 is 4.39 Å². The van der Waals surface area contributed by atoms with Crippen LogP contribution in [0.3, 0.4) is 0 Å². The van der Waals surface area contributed by atoms with E-state index in [-0.39, 0.29) is 29.5 Å². The first-order chi connectivity index (χ1) is 18.7. The monoisotopic (exact) mass is 537 g/mol. The van der Waals surface area contributed by atoms with Crippen LogP contribution in [-0.2, 0) is 0 Å². The molecular formula is C28H36FN7O3. The summed E-state index contributed by atoms with van der Waals surface area (Å²) in [5.41, 5.74) is 8.15. The largest absolute Gasteiger partial charge is 0.507 e. The zero-order valence-corrected chi connectivity index (χ0v) is 22.8. The highest BCUT2D eigenvalue weighted by Gasteiger charge is 2.44. The highest BCUT2D eigenvalue weighted by atomic mass is 19.1. The molecule has 0 spiro atoms. The van der Waals surface area contributed by atoms with Gasteiger partial charge in [-0.3, -0.25) is 0 Å². The third kappa shape index (κ3) is 5.73. The van der Waals surface area contributed by atoms with Crippen LogP contribution < -0.4 is 20.1 Å². The molecule has 1 unspecified atom stereocenters. The molecule has 2 aliphatic carbocycles. The minimum Gasteiger partial charge on any atom is -0.507 e. The number of hydrogen-bond acceptors (Lipinski definition) is 10. The molecule has 11 heteroatoms. The standard InChI is InChI=1S/C28H36FN7O3/c1-16-6-5-11-28(2,30)13-22(24(16)29)36(18-8-9-18)27-32-15-21(34-35-27)19-10-7-17(12-23(19)37)20-14-31-25(38-3)26(33-20)39-4/h7,10,12,14-16,18,22,24,37H,5-6,8-9,11,13,30H2,1-4H3/t16?,22-,24+,28-/m0/s1. The first-order valence-corrected chi connectivity index (χ1v) is 13.4. The van der Waals surface area contributed by atoms with Crippen LogP contribution in [0.1, 0.15) is 52.4 Å². The summed E-state index contributed by atoms with van der Waals surface area (Å²) in [7, 11) is 2.97. The van der Waals surface area contributed by atoms with E-state index in [1.807, 2.05) is 18.7 Å². The summed E-state index contributed by atoms with van der Waals surface area (Å²) in [4.78, 5) is 15.2. The number of rotatable bonds is 7. The third-order valence-corrected chi connectivity index (χ3v) is 7.74. The van der Waals surface area contributed by atoms with Gasteiger partial charge < -0.3 is 25.2 Å². The van der Waals surface area contributed by atoms with Gasteiger partial charge in [-0.25, -0.2) is 19.3 Å². The number of anilines is 1. The van der Waals surface area contributed by atoms with Crippen LogP contribution in [0.15, 0.2) is 30.6 Å². The lowest BCUT2D eigenvalue weighted by molar-refractivity contribution is 0.140. The summed E-state index contributed by atoms with van der Waals surface area (Å²) in [6, 6.07) is 4.86. The Morgan fingerprint density at radius 2 is 1.79 bits per heavy atom. The summed E-state index contributed by atoms with van der Waals surface area (Å²) in [6.07, 6.45) is 7.14. The number of nitrogens with two attached hydrogens (primary N) is 1. The van der Waals surface area contributed by atoms with Gasteiger partial charge in [0.1, 0.15) is 17.6 Å². The second kappa shape index (κ2) is 10.9. The van der Waals surface area contributed by atoms with Crippen molar-refractivity contribution in [1.29, 1.82) is 0 Å². The van der Waals surface area contributed by atoms with Crippen molar-refractivity contribution in [3.05, 3.63) is 30.6 Å². The predicted molar refractivity (Wildman–Crippen MR) is 145 cm³/mol. The van der Waals surface area contributed by atoms with E-state index in [1.54, 1.807) is 30.6 Å². The van der Waals surface area contributed by atoms with Crippen molar-refractivity contribution in [1.82, 2.24) is 25.1 Å². The molecule has 208 valence electrons. The normalized spacial score (nSPS) is 25.4. The summed E-state index contributed by atoms with van der Waals surface area (Å²) in [6.45, 7) is 3.99. The lowest BCUT2D eigenvalue weighted by Crippen LogP contribution is -2.54. The SMILES string of the molecule is COc1ncc(-c2ccc(-c3cnc(N(C4CC4)[C@H]4C[C@@](C)(N)CCCC(C)[C@H]4F)nn3)c(O)c2)nc1OC. The van der Waals surface area contributed by atoms with E-state index in [1.165, 1.54) is 14.2 Å². The van der Waals surface area contributed by atoms with Crippen LogP contribution in [0.5, 0.6) is 17.5 Å². The average molecular weight is 538 g/mol. The Labute approximate surface area is 227 Å². The molecule has 2 heterocycles. The highest BCUT2D eigenvalue weighted by Crippen LogP contribution is 2.40. The van der Waals surface area contributed by atoms with Crippen molar-refractivity contribution in [2.75, 3.05) is 19.1 Å². The van der Waals surface area contributed by atoms with Gasteiger partial charge in [0.25, 0.3) is 11.8 Å². The Balaban J connectivity index is 1.41. The molecule has 0 amide bonds. The minimum absolute atomic E-state index is 0.0106. The van der Waals surface area contributed by atoms with E-state index < -0.39 is 17.8 Å². The number of halogens is 1. The summed E-state index contributed by atoms with van der Waals surface area (Å²) in [5, 5.41) is 19.6. The molecule has 3 aromatic rings. The van der Waals surface area contributed by atoms with Gasteiger partial charge in [0.2, 0.25) is 5.95 Å². The number of ether oxygens (including phenoxy) is 2.